The first-order chi connectivity index (χ1) is 9.79. The number of phenolic OH excluding ortho intramolecular Hbond substituents is 1. The van der Waals surface area contributed by atoms with Crippen LogP contribution in [0.2, 0.25) is 0 Å². The van der Waals surface area contributed by atoms with Crippen molar-refractivity contribution in [1.82, 2.24) is 9.62 Å². The summed E-state index contributed by atoms with van der Waals surface area (Å²) >= 11 is 0. The van der Waals surface area contributed by atoms with Crippen molar-refractivity contribution in [3.8, 4) is 5.75 Å². The van der Waals surface area contributed by atoms with Crippen molar-refractivity contribution in [2.24, 2.45) is 5.92 Å². The number of nitrogens with two attached hydrogens (primary N) is 1. The molecule has 1 aliphatic rings. The van der Waals surface area contributed by atoms with Crippen LogP contribution >= 0.6 is 0 Å². The number of likely N-dealkylation sites (tertiary alicyclic amines) is 1. The number of hydrogen-bond acceptors (Lipinski definition) is 5. The maximum atomic E-state index is 12.2. The van der Waals surface area contributed by atoms with Gasteiger partial charge < -0.3 is 15.7 Å². The number of nitrogen functional groups attached to an aromatic ring is 1. The minimum Gasteiger partial charge on any atom is -0.506 e. The maximum absolute atomic E-state index is 12.2. The lowest BCUT2D eigenvalue weighted by molar-refractivity contribution is 0.265. The zero-order valence-corrected chi connectivity index (χ0v) is 13.2. The zero-order valence-electron chi connectivity index (χ0n) is 12.4. The van der Waals surface area contributed by atoms with Gasteiger partial charge in [0.2, 0.25) is 10.0 Å². The number of anilines is 1. The van der Waals surface area contributed by atoms with E-state index in [9.17, 15) is 13.5 Å². The fraction of sp³-hybridized carbons (Fsp3) is 0.571. The molecule has 4 N–H and O–H groups in total. The normalized spacial score (nSPS) is 20.2. The third kappa shape index (κ3) is 3.87. The van der Waals surface area contributed by atoms with E-state index in [2.05, 4.69) is 23.5 Å². The average Bonchev–Trinajstić information content (AvgIpc) is 2.89. The molecular formula is C14H23N3O3S. The lowest BCUT2D eigenvalue weighted by Crippen LogP contribution is -2.33. The van der Waals surface area contributed by atoms with E-state index in [1.807, 2.05) is 0 Å². The molecular weight excluding hydrogens is 290 g/mol. The van der Waals surface area contributed by atoms with Gasteiger partial charge in [-0.25, -0.2) is 13.1 Å². The van der Waals surface area contributed by atoms with E-state index < -0.39 is 10.0 Å². The first-order valence-corrected chi connectivity index (χ1v) is 8.60. The number of rotatable bonds is 5. The second-order valence-corrected chi connectivity index (χ2v) is 7.58. The highest BCUT2D eigenvalue weighted by Gasteiger charge is 2.25. The third-order valence-corrected chi connectivity index (χ3v) is 5.34. The number of benzene rings is 1. The van der Waals surface area contributed by atoms with Crippen molar-refractivity contribution in [2.75, 3.05) is 25.4 Å². The molecule has 21 heavy (non-hydrogen) atoms. The molecule has 6 nitrogen and oxygen atoms in total. The average molecular weight is 313 g/mol. The van der Waals surface area contributed by atoms with Crippen LogP contribution in [-0.2, 0) is 10.0 Å². The molecule has 1 atom stereocenters. The van der Waals surface area contributed by atoms with Crippen LogP contribution < -0.4 is 10.5 Å². The second kappa shape index (κ2) is 6.21. The van der Waals surface area contributed by atoms with E-state index in [-0.39, 0.29) is 16.3 Å². The molecule has 1 heterocycles. The highest BCUT2D eigenvalue weighted by Crippen LogP contribution is 2.23. The van der Waals surface area contributed by atoms with Gasteiger partial charge in [0.05, 0.1) is 10.6 Å². The minimum atomic E-state index is -3.58. The Morgan fingerprint density at radius 2 is 2.19 bits per heavy atom. The largest absolute Gasteiger partial charge is 0.506 e. The fourth-order valence-corrected chi connectivity index (χ4v) is 3.66. The lowest BCUT2D eigenvalue weighted by atomic mass is 10.1. The minimum absolute atomic E-state index is 0.0599. The Labute approximate surface area is 126 Å². The Balaban J connectivity index is 1.97. The van der Waals surface area contributed by atoms with Crippen LogP contribution in [0.4, 0.5) is 5.69 Å². The molecule has 1 unspecified atom stereocenters. The number of sulfonamides is 1. The molecule has 2 rings (SSSR count). The molecule has 1 aromatic rings. The van der Waals surface area contributed by atoms with Gasteiger partial charge in [0, 0.05) is 19.1 Å². The van der Waals surface area contributed by atoms with Crippen LogP contribution in [0.1, 0.15) is 20.3 Å². The van der Waals surface area contributed by atoms with E-state index in [1.165, 1.54) is 18.2 Å². The summed E-state index contributed by atoms with van der Waals surface area (Å²) < 4.78 is 27.0. The molecule has 118 valence electrons. The van der Waals surface area contributed by atoms with Gasteiger partial charge in [-0.15, -0.1) is 0 Å². The van der Waals surface area contributed by atoms with Gasteiger partial charge >= 0.3 is 0 Å². The molecule has 7 heteroatoms. The van der Waals surface area contributed by atoms with E-state index in [0.717, 1.165) is 19.5 Å². The van der Waals surface area contributed by atoms with Crippen molar-refractivity contribution in [3.05, 3.63) is 18.2 Å². The first-order valence-electron chi connectivity index (χ1n) is 7.12. The number of hydrogen-bond donors (Lipinski definition) is 3. The predicted molar refractivity (Wildman–Crippen MR) is 82.5 cm³/mol. The fourth-order valence-electron chi connectivity index (χ4n) is 2.51. The van der Waals surface area contributed by atoms with Crippen molar-refractivity contribution < 1.29 is 13.5 Å². The molecule has 0 saturated carbocycles. The quantitative estimate of drug-likeness (QED) is 0.556. The number of aromatic hydroxyl groups is 1. The van der Waals surface area contributed by atoms with Crippen LogP contribution in [0, 0.1) is 5.92 Å². The molecule has 0 aromatic heterocycles. The van der Waals surface area contributed by atoms with E-state index in [4.69, 9.17) is 5.73 Å². The predicted octanol–water partition coefficient (Wildman–Crippen LogP) is 0.983. The van der Waals surface area contributed by atoms with Crippen molar-refractivity contribution >= 4 is 15.7 Å². The molecule has 1 aliphatic heterocycles. The smallest absolute Gasteiger partial charge is 0.240 e. The van der Waals surface area contributed by atoms with Crippen LogP contribution in [0.25, 0.3) is 0 Å². The Morgan fingerprint density at radius 1 is 1.48 bits per heavy atom. The van der Waals surface area contributed by atoms with Crippen LogP contribution in [0.3, 0.4) is 0 Å². The topological polar surface area (TPSA) is 95.7 Å². The van der Waals surface area contributed by atoms with Gasteiger partial charge in [-0.2, -0.15) is 0 Å². The van der Waals surface area contributed by atoms with E-state index >= 15 is 0 Å². The maximum Gasteiger partial charge on any atom is 0.240 e. The van der Waals surface area contributed by atoms with Gasteiger partial charge in [-0.05, 0) is 50.9 Å². The Bertz CT molecular complexity index is 601. The monoisotopic (exact) mass is 313 g/mol. The highest BCUT2D eigenvalue weighted by molar-refractivity contribution is 7.89. The second-order valence-electron chi connectivity index (χ2n) is 5.82. The van der Waals surface area contributed by atoms with Crippen LogP contribution in [-0.4, -0.2) is 44.1 Å². The van der Waals surface area contributed by atoms with Gasteiger partial charge in [0.25, 0.3) is 0 Å². The molecule has 0 amide bonds. The zero-order chi connectivity index (χ0) is 15.6. The Kier molecular flexibility index (Phi) is 4.75. The number of nitrogens with one attached hydrogen (secondary N) is 1. The number of nitrogens with zero attached hydrogens (tertiary/aromatic N) is 1. The molecule has 0 radical (unpaired) electrons. The molecule has 0 spiro atoms. The standard InChI is InChI=1S/C14H23N3O3S/c1-10(2)17-6-5-11(9-17)8-16-21(19,20)12-3-4-14(18)13(15)7-12/h3-4,7,10-11,16,18H,5-6,8-9,15H2,1-2H3. The Morgan fingerprint density at radius 3 is 2.76 bits per heavy atom. The van der Waals surface area contributed by atoms with E-state index in [1.54, 1.807) is 0 Å². The lowest BCUT2D eigenvalue weighted by Gasteiger charge is -2.20. The van der Waals surface area contributed by atoms with Gasteiger partial charge in [0.15, 0.2) is 0 Å². The molecule has 1 saturated heterocycles. The van der Waals surface area contributed by atoms with Crippen molar-refractivity contribution in [2.45, 2.75) is 31.2 Å². The summed E-state index contributed by atoms with van der Waals surface area (Å²) in [5, 5.41) is 9.35. The molecule has 0 aliphatic carbocycles. The summed E-state index contributed by atoms with van der Waals surface area (Å²) in [4.78, 5) is 2.42. The summed E-state index contributed by atoms with van der Waals surface area (Å²) in [6.07, 6.45) is 0.998. The van der Waals surface area contributed by atoms with Crippen molar-refractivity contribution in [1.29, 1.82) is 0 Å². The first kappa shape index (κ1) is 16.1. The third-order valence-electron chi connectivity index (χ3n) is 3.92. The van der Waals surface area contributed by atoms with Crippen LogP contribution in [0.15, 0.2) is 23.1 Å². The summed E-state index contributed by atoms with van der Waals surface area (Å²) in [5.74, 6) is 0.217. The molecule has 0 bridgehead atoms. The number of phenols is 1. The summed E-state index contributed by atoms with van der Waals surface area (Å²) in [6, 6.07) is 4.40. The Hall–Kier alpha value is -1.31. The van der Waals surface area contributed by atoms with Crippen molar-refractivity contribution in [3.63, 3.8) is 0 Å². The summed E-state index contributed by atoms with van der Waals surface area (Å²) in [5.41, 5.74) is 5.60. The summed E-state index contributed by atoms with van der Waals surface area (Å²) in [6.45, 7) is 6.64. The SMILES string of the molecule is CC(C)N1CCC(CNS(=O)(=O)c2ccc(O)c(N)c2)C1. The van der Waals surface area contributed by atoms with Gasteiger partial charge in [-0.3, -0.25) is 0 Å². The van der Waals surface area contributed by atoms with E-state index in [0.29, 0.717) is 18.5 Å². The molecule has 1 aromatic carbocycles. The molecule has 1 fully saturated rings. The highest BCUT2D eigenvalue weighted by atomic mass is 32.2. The van der Waals surface area contributed by atoms with Gasteiger partial charge in [-0.1, -0.05) is 0 Å². The van der Waals surface area contributed by atoms with Crippen LogP contribution in [0.5, 0.6) is 5.75 Å². The summed E-state index contributed by atoms with van der Waals surface area (Å²) in [7, 11) is -3.58. The van der Waals surface area contributed by atoms with Gasteiger partial charge in [0.1, 0.15) is 5.75 Å².